The van der Waals surface area contributed by atoms with Crippen LogP contribution in [0.2, 0.25) is 0 Å². The van der Waals surface area contributed by atoms with Gasteiger partial charge in [0.2, 0.25) is 0 Å². The fourth-order valence-electron chi connectivity index (χ4n) is 1.27. The summed E-state index contributed by atoms with van der Waals surface area (Å²) in [5, 5.41) is 3.20. The van der Waals surface area contributed by atoms with Crippen LogP contribution in [0.1, 0.15) is 13.3 Å². The highest BCUT2D eigenvalue weighted by atomic mass is 32.3. The number of hydrogen-bond donors (Lipinski definition) is 3. The zero-order chi connectivity index (χ0) is 7.61. The largest absolute Gasteiger partial charge is 0.313 e. The van der Waals surface area contributed by atoms with E-state index in [4.69, 9.17) is 0 Å². The van der Waals surface area contributed by atoms with Gasteiger partial charge in [0.25, 0.3) is 0 Å². The van der Waals surface area contributed by atoms with Crippen LogP contribution >= 0.6 is 10.6 Å². The quantitative estimate of drug-likeness (QED) is 0.574. The molecule has 3 N–H and O–H groups in total. The predicted octanol–water partition coefficient (Wildman–Crippen LogP) is 1.12. The standard InChI is InChI=1S/C6H15NO2S/c1-2-7-6-3-4-10(8,9)5-6/h6-9H,2-5H2,1H3. The lowest BCUT2D eigenvalue weighted by Crippen LogP contribution is -2.28. The maximum absolute atomic E-state index is 9.19. The van der Waals surface area contributed by atoms with Gasteiger partial charge in [-0.15, -0.1) is 0 Å². The average Bonchev–Trinajstić information content (AvgIpc) is 2.12. The maximum Gasteiger partial charge on any atom is 0.0528 e. The van der Waals surface area contributed by atoms with Crippen molar-refractivity contribution >= 4 is 10.6 Å². The fraction of sp³-hybridized carbons (Fsp3) is 1.00. The summed E-state index contributed by atoms with van der Waals surface area (Å²) in [5.41, 5.74) is 0. The molecule has 0 amide bonds. The summed E-state index contributed by atoms with van der Waals surface area (Å²) < 4.78 is 18.4. The summed E-state index contributed by atoms with van der Waals surface area (Å²) in [6, 6.07) is 0.343. The summed E-state index contributed by atoms with van der Waals surface area (Å²) in [6.07, 6.45) is 0.913. The minimum absolute atomic E-state index is 0.343. The van der Waals surface area contributed by atoms with Crippen molar-refractivity contribution in [2.45, 2.75) is 19.4 Å². The van der Waals surface area contributed by atoms with Crippen LogP contribution in [0.3, 0.4) is 0 Å². The lowest BCUT2D eigenvalue weighted by atomic mass is 10.3. The summed E-state index contributed by atoms with van der Waals surface area (Å²) in [7, 11) is -2.18. The molecule has 1 saturated heterocycles. The molecule has 0 bridgehead atoms. The summed E-state index contributed by atoms with van der Waals surface area (Å²) in [4.78, 5) is 0. The third-order valence-electron chi connectivity index (χ3n) is 1.75. The lowest BCUT2D eigenvalue weighted by Gasteiger charge is -2.25. The van der Waals surface area contributed by atoms with Crippen LogP contribution < -0.4 is 5.32 Å². The highest BCUT2D eigenvalue weighted by Gasteiger charge is 2.26. The van der Waals surface area contributed by atoms with E-state index in [9.17, 15) is 9.11 Å². The first-order valence-electron chi connectivity index (χ1n) is 3.61. The molecular formula is C6H15NO2S. The third kappa shape index (κ3) is 2.12. The molecule has 3 nitrogen and oxygen atoms in total. The molecule has 0 aromatic heterocycles. The Morgan fingerprint density at radius 2 is 2.30 bits per heavy atom. The van der Waals surface area contributed by atoms with Crippen LogP contribution in [0.25, 0.3) is 0 Å². The van der Waals surface area contributed by atoms with E-state index in [-0.39, 0.29) is 0 Å². The van der Waals surface area contributed by atoms with E-state index in [2.05, 4.69) is 5.32 Å². The Morgan fingerprint density at radius 1 is 1.60 bits per heavy atom. The van der Waals surface area contributed by atoms with Crippen molar-refractivity contribution in [2.24, 2.45) is 0 Å². The first-order chi connectivity index (χ1) is 4.64. The fourth-order valence-corrected chi connectivity index (χ4v) is 3.03. The predicted molar refractivity (Wildman–Crippen MR) is 44.7 cm³/mol. The molecular weight excluding hydrogens is 150 g/mol. The van der Waals surface area contributed by atoms with E-state index in [1.165, 1.54) is 0 Å². The van der Waals surface area contributed by atoms with Crippen molar-refractivity contribution in [1.82, 2.24) is 5.32 Å². The molecule has 0 aliphatic carbocycles. The minimum atomic E-state index is -2.18. The monoisotopic (exact) mass is 165 g/mol. The van der Waals surface area contributed by atoms with Crippen LogP contribution in [0.5, 0.6) is 0 Å². The van der Waals surface area contributed by atoms with Gasteiger partial charge in [-0.25, -0.2) is 0 Å². The van der Waals surface area contributed by atoms with Gasteiger partial charge in [-0.3, -0.25) is 9.11 Å². The first-order valence-corrected chi connectivity index (χ1v) is 5.49. The zero-order valence-electron chi connectivity index (χ0n) is 6.21. The Labute approximate surface area is 63.2 Å². The van der Waals surface area contributed by atoms with Gasteiger partial charge in [0.15, 0.2) is 0 Å². The second-order valence-electron chi connectivity index (χ2n) is 2.72. The molecule has 0 radical (unpaired) electrons. The van der Waals surface area contributed by atoms with Crippen molar-refractivity contribution in [3.8, 4) is 0 Å². The molecule has 1 aliphatic heterocycles. The van der Waals surface area contributed by atoms with E-state index >= 15 is 0 Å². The second-order valence-corrected chi connectivity index (χ2v) is 5.06. The lowest BCUT2D eigenvalue weighted by molar-refractivity contribution is 0.492. The van der Waals surface area contributed by atoms with Gasteiger partial charge < -0.3 is 5.32 Å². The van der Waals surface area contributed by atoms with Crippen molar-refractivity contribution in [1.29, 1.82) is 0 Å². The Morgan fingerprint density at radius 3 is 2.70 bits per heavy atom. The zero-order valence-corrected chi connectivity index (χ0v) is 7.02. The molecule has 62 valence electrons. The molecule has 1 fully saturated rings. The normalized spacial score (nSPS) is 34.1. The van der Waals surface area contributed by atoms with Crippen molar-refractivity contribution in [2.75, 3.05) is 18.1 Å². The van der Waals surface area contributed by atoms with Gasteiger partial charge in [0, 0.05) is 11.8 Å². The Hall–Kier alpha value is 0.230. The van der Waals surface area contributed by atoms with Crippen molar-refractivity contribution < 1.29 is 9.11 Å². The number of hydrogen-bond acceptors (Lipinski definition) is 3. The van der Waals surface area contributed by atoms with Gasteiger partial charge >= 0.3 is 0 Å². The molecule has 0 spiro atoms. The molecule has 1 heterocycles. The van der Waals surface area contributed by atoms with Crippen LogP contribution in [-0.2, 0) is 0 Å². The Balaban J connectivity index is 2.29. The first kappa shape index (κ1) is 8.33. The smallest absolute Gasteiger partial charge is 0.0528 e. The molecule has 4 heteroatoms. The van der Waals surface area contributed by atoms with Crippen LogP contribution in [0, 0.1) is 0 Å². The van der Waals surface area contributed by atoms with Gasteiger partial charge in [0.1, 0.15) is 0 Å². The van der Waals surface area contributed by atoms with Gasteiger partial charge in [-0.2, -0.15) is 10.6 Å². The van der Waals surface area contributed by atoms with E-state index < -0.39 is 10.6 Å². The van der Waals surface area contributed by atoms with Gasteiger partial charge in [-0.1, -0.05) is 6.92 Å². The Bertz CT molecular complexity index is 118. The number of nitrogens with one attached hydrogen (secondary N) is 1. The molecule has 1 aliphatic rings. The van der Waals surface area contributed by atoms with E-state index in [0.717, 1.165) is 13.0 Å². The van der Waals surface area contributed by atoms with E-state index in [1.54, 1.807) is 0 Å². The third-order valence-corrected chi connectivity index (χ3v) is 3.58. The van der Waals surface area contributed by atoms with Gasteiger partial charge in [0.05, 0.1) is 5.75 Å². The van der Waals surface area contributed by atoms with Crippen LogP contribution in [0.15, 0.2) is 0 Å². The highest BCUT2D eigenvalue weighted by molar-refractivity contribution is 8.24. The highest BCUT2D eigenvalue weighted by Crippen LogP contribution is 2.45. The molecule has 0 aromatic carbocycles. The second kappa shape index (κ2) is 3.09. The molecule has 10 heavy (non-hydrogen) atoms. The van der Waals surface area contributed by atoms with Crippen LogP contribution in [0.4, 0.5) is 0 Å². The van der Waals surface area contributed by atoms with E-state index in [0.29, 0.717) is 17.5 Å². The van der Waals surface area contributed by atoms with Gasteiger partial charge in [-0.05, 0) is 13.0 Å². The maximum atomic E-state index is 9.19. The van der Waals surface area contributed by atoms with Crippen molar-refractivity contribution in [3.05, 3.63) is 0 Å². The molecule has 1 rings (SSSR count). The Kier molecular flexibility index (Phi) is 2.57. The topological polar surface area (TPSA) is 52.5 Å². The SMILES string of the molecule is CCNC1CCS(O)(O)C1. The molecule has 0 saturated carbocycles. The number of rotatable bonds is 2. The summed E-state index contributed by atoms with van der Waals surface area (Å²) in [6.45, 7) is 2.95. The molecule has 1 atom stereocenters. The average molecular weight is 165 g/mol. The summed E-state index contributed by atoms with van der Waals surface area (Å²) in [5.74, 6) is 1.14. The van der Waals surface area contributed by atoms with Crippen molar-refractivity contribution in [3.63, 3.8) is 0 Å². The molecule has 1 unspecified atom stereocenters. The van der Waals surface area contributed by atoms with E-state index in [1.807, 2.05) is 6.92 Å². The minimum Gasteiger partial charge on any atom is -0.313 e. The molecule has 0 aromatic rings. The van der Waals surface area contributed by atoms with Crippen LogP contribution in [-0.4, -0.2) is 33.2 Å². The summed E-state index contributed by atoms with van der Waals surface area (Å²) >= 11 is 0.